The Morgan fingerprint density at radius 1 is 1.21 bits per heavy atom. The summed E-state index contributed by atoms with van der Waals surface area (Å²) in [5, 5.41) is 3.75. The predicted molar refractivity (Wildman–Crippen MR) is 84.1 cm³/mol. The zero-order valence-electron chi connectivity index (χ0n) is 12.4. The molecule has 1 aliphatic rings. The minimum atomic E-state index is 0.675. The van der Waals surface area contributed by atoms with Crippen molar-refractivity contribution < 1.29 is 0 Å². The molecule has 0 radical (unpaired) electrons. The molecule has 0 aromatic heterocycles. The van der Waals surface area contributed by atoms with Crippen LogP contribution in [0.3, 0.4) is 0 Å². The molecule has 0 spiro atoms. The van der Waals surface area contributed by atoms with Crippen LogP contribution >= 0.6 is 0 Å². The van der Waals surface area contributed by atoms with Gasteiger partial charge in [0.2, 0.25) is 0 Å². The largest absolute Gasteiger partial charge is 0.310 e. The van der Waals surface area contributed by atoms with Crippen molar-refractivity contribution in [1.29, 1.82) is 0 Å². The third-order valence-corrected chi connectivity index (χ3v) is 4.44. The molecule has 0 saturated heterocycles. The quantitative estimate of drug-likeness (QED) is 0.818. The van der Waals surface area contributed by atoms with Gasteiger partial charge in [0.1, 0.15) is 0 Å². The molecular formula is C18H27N. The first-order chi connectivity index (χ1) is 9.18. The SMILES string of the molecule is C=C(CNC1CCCCC1C(C)C)c1ccccc1. The van der Waals surface area contributed by atoms with Crippen LogP contribution in [0.5, 0.6) is 0 Å². The van der Waals surface area contributed by atoms with Gasteiger partial charge in [0.15, 0.2) is 0 Å². The van der Waals surface area contributed by atoms with Gasteiger partial charge in [-0.05, 0) is 35.8 Å². The van der Waals surface area contributed by atoms with Crippen molar-refractivity contribution in [3.63, 3.8) is 0 Å². The van der Waals surface area contributed by atoms with Crippen LogP contribution in [0.4, 0.5) is 0 Å². The van der Waals surface area contributed by atoms with Gasteiger partial charge in [0.05, 0.1) is 0 Å². The lowest BCUT2D eigenvalue weighted by molar-refractivity contribution is 0.211. The van der Waals surface area contributed by atoms with Crippen LogP contribution in [0.15, 0.2) is 36.9 Å². The highest BCUT2D eigenvalue weighted by Crippen LogP contribution is 2.30. The summed E-state index contributed by atoms with van der Waals surface area (Å²) >= 11 is 0. The van der Waals surface area contributed by atoms with E-state index < -0.39 is 0 Å². The van der Waals surface area contributed by atoms with E-state index in [-0.39, 0.29) is 0 Å². The topological polar surface area (TPSA) is 12.0 Å². The van der Waals surface area contributed by atoms with Gasteiger partial charge >= 0.3 is 0 Å². The molecule has 2 atom stereocenters. The van der Waals surface area contributed by atoms with Crippen molar-refractivity contribution in [3.05, 3.63) is 42.5 Å². The molecule has 1 aromatic rings. The Hall–Kier alpha value is -1.08. The second-order valence-electron chi connectivity index (χ2n) is 6.15. The number of nitrogens with one attached hydrogen (secondary N) is 1. The van der Waals surface area contributed by atoms with E-state index in [0.717, 1.165) is 18.4 Å². The Morgan fingerprint density at radius 2 is 1.89 bits per heavy atom. The van der Waals surface area contributed by atoms with Crippen LogP contribution in [-0.2, 0) is 0 Å². The zero-order valence-corrected chi connectivity index (χ0v) is 12.4. The molecule has 19 heavy (non-hydrogen) atoms. The lowest BCUT2D eigenvalue weighted by Crippen LogP contribution is -2.41. The molecule has 1 aromatic carbocycles. The summed E-state index contributed by atoms with van der Waals surface area (Å²) < 4.78 is 0. The van der Waals surface area contributed by atoms with E-state index in [1.54, 1.807) is 0 Å². The normalized spacial score (nSPS) is 23.5. The number of rotatable bonds is 5. The summed E-state index contributed by atoms with van der Waals surface area (Å²) in [5.74, 6) is 1.61. The third kappa shape index (κ3) is 3.94. The lowest BCUT2D eigenvalue weighted by Gasteiger charge is -2.35. The lowest BCUT2D eigenvalue weighted by atomic mass is 9.78. The van der Waals surface area contributed by atoms with Crippen molar-refractivity contribution in [1.82, 2.24) is 5.32 Å². The van der Waals surface area contributed by atoms with Gasteiger partial charge in [-0.2, -0.15) is 0 Å². The average molecular weight is 257 g/mol. The Bertz CT molecular complexity index is 393. The second kappa shape index (κ2) is 6.91. The van der Waals surface area contributed by atoms with Crippen LogP contribution in [0.2, 0.25) is 0 Å². The Kier molecular flexibility index (Phi) is 5.21. The molecule has 0 amide bonds. The standard InChI is InChI=1S/C18H27N/c1-14(2)17-11-7-8-12-18(17)19-13-15(3)16-9-5-4-6-10-16/h4-6,9-10,14,17-19H,3,7-8,11-13H2,1-2H3. The number of hydrogen-bond donors (Lipinski definition) is 1. The summed E-state index contributed by atoms with van der Waals surface area (Å²) in [7, 11) is 0. The van der Waals surface area contributed by atoms with Gasteiger partial charge in [-0.3, -0.25) is 0 Å². The van der Waals surface area contributed by atoms with Crippen LogP contribution in [-0.4, -0.2) is 12.6 Å². The molecule has 2 unspecified atom stereocenters. The monoisotopic (exact) mass is 257 g/mol. The molecule has 1 aliphatic carbocycles. The summed E-state index contributed by atoms with van der Waals surface area (Å²) in [6.07, 6.45) is 5.48. The van der Waals surface area contributed by atoms with Crippen molar-refractivity contribution >= 4 is 5.57 Å². The van der Waals surface area contributed by atoms with E-state index >= 15 is 0 Å². The summed E-state index contributed by atoms with van der Waals surface area (Å²) in [4.78, 5) is 0. The Morgan fingerprint density at radius 3 is 2.58 bits per heavy atom. The molecule has 1 N–H and O–H groups in total. The minimum absolute atomic E-state index is 0.675. The maximum atomic E-state index is 4.22. The molecular weight excluding hydrogens is 230 g/mol. The molecule has 2 rings (SSSR count). The summed E-state index contributed by atoms with van der Waals surface area (Å²) in [6, 6.07) is 11.2. The van der Waals surface area contributed by atoms with E-state index in [1.165, 1.54) is 36.8 Å². The van der Waals surface area contributed by atoms with Gasteiger partial charge in [-0.15, -0.1) is 0 Å². The number of hydrogen-bond acceptors (Lipinski definition) is 1. The highest BCUT2D eigenvalue weighted by atomic mass is 14.9. The maximum absolute atomic E-state index is 4.22. The van der Waals surface area contributed by atoms with Crippen molar-refractivity contribution in [2.75, 3.05) is 6.54 Å². The highest BCUT2D eigenvalue weighted by molar-refractivity contribution is 5.64. The van der Waals surface area contributed by atoms with Crippen LogP contribution < -0.4 is 5.32 Å². The van der Waals surface area contributed by atoms with E-state index in [4.69, 9.17) is 0 Å². The molecule has 1 heteroatoms. The molecule has 0 heterocycles. The fourth-order valence-electron chi connectivity index (χ4n) is 3.24. The summed E-state index contributed by atoms with van der Waals surface area (Å²) in [5.41, 5.74) is 2.46. The first kappa shape index (κ1) is 14.3. The first-order valence-electron chi connectivity index (χ1n) is 7.65. The molecule has 0 bridgehead atoms. The minimum Gasteiger partial charge on any atom is -0.310 e. The van der Waals surface area contributed by atoms with Crippen LogP contribution in [0.25, 0.3) is 5.57 Å². The molecule has 1 fully saturated rings. The van der Waals surface area contributed by atoms with Gasteiger partial charge in [-0.25, -0.2) is 0 Å². The smallest absolute Gasteiger partial charge is 0.0208 e. The van der Waals surface area contributed by atoms with Gasteiger partial charge in [0.25, 0.3) is 0 Å². The van der Waals surface area contributed by atoms with Gasteiger partial charge in [0, 0.05) is 12.6 Å². The van der Waals surface area contributed by atoms with Crippen molar-refractivity contribution in [3.8, 4) is 0 Å². The fraction of sp³-hybridized carbons (Fsp3) is 0.556. The Labute approximate surface area is 118 Å². The fourth-order valence-corrected chi connectivity index (χ4v) is 3.24. The third-order valence-electron chi connectivity index (χ3n) is 4.44. The average Bonchev–Trinajstić information content (AvgIpc) is 2.46. The van der Waals surface area contributed by atoms with E-state index in [2.05, 4.69) is 56.1 Å². The molecule has 104 valence electrons. The van der Waals surface area contributed by atoms with E-state index in [1.807, 2.05) is 0 Å². The van der Waals surface area contributed by atoms with Gasteiger partial charge in [-0.1, -0.05) is 63.6 Å². The predicted octanol–water partition coefficient (Wildman–Crippen LogP) is 4.50. The van der Waals surface area contributed by atoms with Crippen molar-refractivity contribution in [2.24, 2.45) is 11.8 Å². The van der Waals surface area contributed by atoms with Crippen LogP contribution in [0, 0.1) is 11.8 Å². The second-order valence-corrected chi connectivity index (χ2v) is 6.15. The number of benzene rings is 1. The highest BCUT2D eigenvalue weighted by Gasteiger charge is 2.26. The first-order valence-corrected chi connectivity index (χ1v) is 7.65. The Balaban J connectivity index is 1.88. The maximum Gasteiger partial charge on any atom is 0.0208 e. The van der Waals surface area contributed by atoms with Gasteiger partial charge < -0.3 is 5.32 Å². The molecule has 1 saturated carbocycles. The van der Waals surface area contributed by atoms with Crippen LogP contribution in [0.1, 0.15) is 45.1 Å². The zero-order chi connectivity index (χ0) is 13.7. The molecule has 0 aliphatic heterocycles. The summed E-state index contributed by atoms with van der Waals surface area (Å²) in [6.45, 7) is 9.85. The van der Waals surface area contributed by atoms with Crippen molar-refractivity contribution in [2.45, 2.75) is 45.6 Å². The van der Waals surface area contributed by atoms with E-state index in [9.17, 15) is 0 Å². The molecule has 1 nitrogen and oxygen atoms in total. The van der Waals surface area contributed by atoms with E-state index in [0.29, 0.717) is 6.04 Å².